The number of aryl methyl sites for hydroxylation is 1. The third-order valence-electron chi connectivity index (χ3n) is 5.25. The van der Waals surface area contributed by atoms with E-state index in [4.69, 9.17) is 21.6 Å². The molecule has 4 rings (SSSR count). The van der Waals surface area contributed by atoms with Crippen LogP contribution in [0.3, 0.4) is 0 Å². The van der Waals surface area contributed by atoms with Crippen LogP contribution in [0, 0.1) is 6.92 Å². The van der Waals surface area contributed by atoms with E-state index in [1.807, 2.05) is 24.3 Å². The number of thioether (sulfide) groups is 1. The molecular weight excluding hydrogens is 489 g/mol. The number of rotatable bonds is 2. The van der Waals surface area contributed by atoms with Gasteiger partial charge in [0.05, 0.1) is 5.69 Å². The highest BCUT2D eigenvalue weighted by Gasteiger charge is 2.51. The first-order valence-corrected chi connectivity index (χ1v) is 10.6. The maximum atomic E-state index is 6.16. The van der Waals surface area contributed by atoms with E-state index in [0.717, 1.165) is 29.5 Å². The topological polar surface area (TPSA) is 28.0 Å². The number of aliphatic imine (C=N–C) groups is 2. The van der Waals surface area contributed by atoms with Gasteiger partial charge in [-0.15, -0.1) is 24.0 Å². The fraction of sp³-hybridized carbons (Fsp3) is 0.333. The summed E-state index contributed by atoms with van der Waals surface area (Å²) in [6.45, 7) is 2.17. The predicted molar refractivity (Wildman–Crippen MR) is 130 cm³/mol. The average molecular weight is 512 g/mol. The Labute approximate surface area is 187 Å². The molecule has 0 atom stereocenters. The van der Waals surface area contributed by atoms with Crippen molar-refractivity contribution in [3.63, 3.8) is 0 Å². The van der Waals surface area contributed by atoms with Gasteiger partial charge < -0.3 is 4.90 Å². The molecule has 0 bridgehead atoms. The highest BCUT2D eigenvalue weighted by molar-refractivity contribution is 14.0. The van der Waals surface area contributed by atoms with Crippen molar-refractivity contribution in [2.45, 2.75) is 38.1 Å². The van der Waals surface area contributed by atoms with E-state index in [1.54, 1.807) is 11.8 Å². The van der Waals surface area contributed by atoms with Crippen molar-refractivity contribution < 1.29 is 0 Å². The SMILES string of the molecule is CSC1=NC(=Nc2cccc(Cl)c2)C2(CCCC2)N1c1ccccc1C.I. The average Bonchev–Trinajstić information content (AvgIpc) is 3.23. The molecule has 0 radical (unpaired) electrons. The Kier molecular flexibility index (Phi) is 6.54. The first-order valence-electron chi connectivity index (χ1n) is 8.97. The van der Waals surface area contributed by atoms with Gasteiger partial charge in [-0.3, -0.25) is 0 Å². The quantitative estimate of drug-likeness (QED) is 0.413. The molecule has 6 heteroatoms. The number of nitrogens with zero attached hydrogens (tertiary/aromatic N) is 3. The van der Waals surface area contributed by atoms with Gasteiger partial charge in [0, 0.05) is 10.7 Å². The van der Waals surface area contributed by atoms with Gasteiger partial charge in [-0.1, -0.05) is 60.5 Å². The maximum absolute atomic E-state index is 6.16. The van der Waals surface area contributed by atoms with E-state index in [0.29, 0.717) is 5.02 Å². The minimum absolute atomic E-state index is 0. The molecule has 1 saturated carbocycles. The van der Waals surface area contributed by atoms with Gasteiger partial charge in [0.15, 0.2) is 11.0 Å². The van der Waals surface area contributed by atoms with Crippen LogP contribution in [-0.2, 0) is 0 Å². The Bertz CT molecular complexity index is 891. The molecular formula is C21H23ClIN3S. The maximum Gasteiger partial charge on any atom is 0.170 e. The number of anilines is 1. The Morgan fingerprint density at radius 1 is 1.11 bits per heavy atom. The van der Waals surface area contributed by atoms with E-state index in [9.17, 15) is 0 Å². The number of benzene rings is 2. The van der Waals surface area contributed by atoms with E-state index < -0.39 is 0 Å². The smallest absolute Gasteiger partial charge is 0.170 e. The number of hydrogen-bond acceptors (Lipinski definition) is 3. The van der Waals surface area contributed by atoms with E-state index in [1.165, 1.54) is 24.1 Å². The Morgan fingerprint density at radius 2 is 1.85 bits per heavy atom. The molecule has 1 aliphatic carbocycles. The van der Waals surface area contributed by atoms with E-state index in [2.05, 4.69) is 42.3 Å². The molecule has 1 heterocycles. The summed E-state index contributed by atoms with van der Waals surface area (Å²) in [5.74, 6) is 0.921. The lowest BCUT2D eigenvalue weighted by Crippen LogP contribution is -2.49. The highest BCUT2D eigenvalue weighted by atomic mass is 127. The van der Waals surface area contributed by atoms with Gasteiger partial charge in [0.1, 0.15) is 5.54 Å². The molecule has 0 aromatic heterocycles. The van der Waals surface area contributed by atoms with Crippen molar-refractivity contribution in [1.82, 2.24) is 0 Å². The molecule has 2 aliphatic rings. The molecule has 142 valence electrons. The van der Waals surface area contributed by atoms with Crippen LogP contribution in [0.25, 0.3) is 0 Å². The first kappa shape index (κ1) is 20.7. The monoisotopic (exact) mass is 511 g/mol. The van der Waals surface area contributed by atoms with Crippen LogP contribution in [0.15, 0.2) is 58.5 Å². The van der Waals surface area contributed by atoms with Crippen molar-refractivity contribution >= 4 is 69.7 Å². The number of para-hydroxylation sites is 1. The predicted octanol–water partition coefficient (Wildman–Crippen LogP) is 6.85. The standard InChI is InChI=1S/C21H22ClN3S.HI/c1-15-8-3-4-11-18(15)25-20(26-2)24-19(21(25)12-5-6-13-21)23-17-10-7-9-16(22)14-17;/h3-4,7-11,14H,5-6,12-13H2,1-2H3;1H. The molecule has 1 aliphatic heterocycles. The van der Waals surface area contributed by atoms with Crippen LogP contribution in [0.1, 0.15) is 31.2 Å². The molecule has 0 saturated heterocycles. The third kappa shape index (κ3) is 3.78. The fourth-order valence-corrected chi connectivity index (χ4v) is 4.83. The van der Waals surface area contributed by atoms with Crippen LogP contribution in [0.2, 0.25) is 5.02 Å². The third-order valence-corrected chi connectivity index (χ3v) is 6.12. The number of hydrogen-bond donors (Lipinski definition) is 0. The summed E-state index contributed by atoms with van der Waals surface area (Å²) in [6.07, 6.45) is 6.65. The lowest BCUT2D eigenvalue weighted by molar-refractivity contribution is 0.592. The zero-order chi connectivity index (χ0) is 18.1. The zero-order valence-corrected chi connectivity index (χ0v) is 19.4. The second-order valence-corrected chi connectivity index (χ2v) is 8.08. The van der Waals surface area contributed by atoms with Gasteiger partial charge in [-0.25, -0.2) is 9.98 Å². The Hall–Kier alpha value is -1.05. The van der Waals surface area contributed by atoms with Gasteiger partial charge in [0.25, 0.3) is 0 Å². The summed E-state index contributed by atoms with van der Waals surface area (Å²) in [5.41, 5.74) is 3.23. The van der Waals surface area contributed by atoms with E-state index >= 15 is 0 Å². The minimum atomic E-state index is -0.146. The van der Waals surface area contributed by atoms with Crippen LogP contribution >= 0.6 is 47.3 Å². The Balaban J connectivity index is 0.00000210. The van der Waals surface area contributed by atoms with Crippen molar-refractivity contribution in [2.75, 3.05) is 11.2 Å². The summed E-state index contributed by atoms with van der Waals surface area (Å²) < 4.78 is 0. The van der Waals surface area contributed by atoms with Gasteiger partial charge in [0.2, 0.25) is 0 Å². The summed E-state index contributed by atoms with van der Waals surface area (Å²) >= 11 is 7.85. The molecule has 0 amide bonds. The second kappa shape index (κ2) is 8.53. The molecule has 0 unspecified atom stereocenters. The molecule has 2 aromatic carbocycles. The molecule has 0 N–H and O–H groups in total. The molecule has 1 fully saturated rings. The van der Waals surface area contributed by atoms with Crippen molar-refractivity contribution in [1.29, 1.82) is 0 Å². The molecule has 1 spiro atoms. The summed E-state index contributed by atoms with van der Waals surface area (Å²) in [7, 11) is 0. The fourth-order valence-electron chi connectivity index (χ4n) is 4.02. The number of amidine groups is 2. The summed E-state index contributed by atoms with van der Waals surface area (Å²) in [6, 6.07) is 16.3. The normalized spacial score (nSPS) is 19.4. The lowest BCUT2D eigenvalue weighted by atomic mass is 9.93. The molecule has 3 nitrogen and oxygen atoms in total. The van der Waals surface area contributed by atoms with Crippen LogP contribution in [-0.4, -0.2) is 22.8 Å². The first-order chi connectivity index (χ1) is 12.6. The van der Waals surface area contributed by atoms with Crippen LogP contribution < -0.4 is 4.90 Å². The van der Waals surface area contributed by atoms with E-state index in [-0.39, 0.29) is 29.5 Å². The lowest BCUT2D eigenvalue weighted by Gasteiger charge is -2.37. The van der Waals surface area contributed by atoms with Gasteiger partial charge in [-0.05, 0) is 55.9 Å². The number of halogens is 2. The zero-order valence-electron chi connectivity index (χ0n) is 15.5. The summed E-state index contributed by atoms with van der Waals surface area (Å²) in [4.78, 5) is 12.4. The van der Waals surface area contributed by atoms with Crippen LogP contribution in [0.4, 0.5) is 11.4 Å². The van der Waals surface area contributed by atoms with Crippen molar-refractivity contribution in [3.05, 3.63) is 59.1 Å². The second-order valence-electron chi connectivity index (χ2n) is 6.87. The Morgan fingerprint density at radius 3 is 2.52 bits per heavy atom. The van der Waals surface area contributed by atoms with Crippen molar-refractivity contribution in [3.8, 4) is 0 Å². The minimum Gasteiger partial charge on any atom is -0.307 e. The molecule has 27 heavy (non-hydrogen) atoms. The molecule has 2 aromatic rings. The van der Waals surface area contributed by atoms with Gasteiger partial charge in [-0.2, -0.15) is 0 Å². The highest BCUT2D eigenvalue weighted by Crippen LogP contribution is 2.46. The van der Waals surface area contributed by atoms with Gasteiger partial charge >= 0.3 is 0 Å². The summed E-state index contributed by atoms with van der Waals surface area (Å²) in [5, 5.41) is 1.73. The van der Waals surface area contributed by atoms with Crippen molar-refractivity contribution in [2.24, 2.45) is 9.98 Å². The largest absolute Gasteiger partial charge is 0.307 e. The van der Waals surface area contributed by atoms with Crippen LogP contribution in [0.5, 0.6) is 0 Å².